The summed E-state index contributed by atoms with van der Waals surface area (Å²) in [7, 11) is 2.10. The number of piperazine rings is 1. The number of hydrogen-bond donors (Lipinski definition) is 1. The van der Waals surface area contributed by atoms with E-state index < -0.39 is 0 Å². The Balaban J connectivity index is 2.23. The second-order valence-corrected chi connectivity index (χ2v) is 4.74. The van der Waals surface area contributed by atoms with Gasteiger partial charge in [-0.1, -0.05) is 0 Å². The highest BCUT2D eigenvalue weighted by molar-refractivity contribution is 14.1. The number of hydrogen-bond acceptors (Lipinski definition) is 4. The summed E-state index contributed by atoms with van der Waals surface area (Å²) >= 11 is 2.05. The maximum Gasteiger partial charge on any atom is 0.266 e. The molecule has 0 saturated carbocycles. The molecule has 0 spiro atoms. The number of nitrogens with one attached hydrogen (secondary N) is 1. The quantitative estimate of drug-likeness (QED) is 0.747. The maximum absolute atomic E-state index is 11.4. The number of aromatic nitrogens is 2. The van der Waals surface area contributed by atoms with Gasteiger partial charge in [0.25, 0.3) is 5.56 Å². The smallest absolute Gasteiger partial charge is 0.266 e. The van der Waals surface area contributed by atoms with E-state index in [2.05, 4.69) is 49.4 Å². The molecule has 1 aliphatic heterocycles. The predicted molar refractivity (Wildman–Crippen MR) is 67.3 cm³/mol. The Bertz CT molecular complexity index is 397. The summed E-state index contributed by atoms with van der Waals surface area (Å²) in [6.07, 6.45) is 1.47. The molecular weight excluding hydrogens is 307 g/mol. The number of nitrogens with zero attached hydrogens (tertiary/aromatic N) is 3. The minimum atomic E-state index is -0.0560. The first-order valence-corrected chi connectivity index (χ1v) is 5.93. The number of anilines is 1. The monoisotopic (exact) mass is 320 g/mol. The lowest BCUT2D eigenvalue weighted by Gasteiger charge is -2.33. The van der Waals surface area contributed by atoms with Crippen LogP contribution in [0.3, 0.4) is 0 Å². The van der Waals surface area contributed by atoms with Crippen molar-refractivity contribution in [3.63, 3.8) is 0 Å². The van der Waals surface area contributed by atoms with Crippen LogP contribution >= 0.6 is 22.6 Å². The summed E-state index contributed by atoms with van der Waals surface area (Å²) in [6.45, 7) is 3.90. The SMILES string of the molecule is CN1CCN(c2nc[nH]c(=O)c2I)CC1. The molecule has 1 fully saturated rings. The van der Waals surface area contributed by atoms with Crippen LogP contribution in [0.1, 0.15) is 0 Å². The molecule has 2 rings (SSSR count). The highest BCUT2D eigenvalue weighted by Crippen LogP contribution is 2.16. The number of aromatic amines is 1. The molecule has 82 valence electrons. The van der Waals surface area contributed by atoms with E-state index in [0.29, 0.717) is 3.57 Å². The van der Waals surface area contributed by atoms with Gasteiger partial charge in [0, 0.05) is 26.2 Å². The van der Waals surface area contributed by atoms with Crippen LogP contribution in [-0.2, 0) is 0 Å². The van der Waals surface area contributed by atoms with E-state index in [9.17, 15) is 4.79 Å². The zero-order chi connectivity index (χ0) is 10.8. The highest BCUT2D eigenvalue weighted by atomic mass is 127. The summed E-state index contributed by atoms with van der Waals surface area (Å²) in [5.41, 5.74) is -0.0560. The molecule has 1 aliphatic rings. The lowest BCUT2D eigenvalue weighted by atomic mass is 10.3. The Labute approximate surface area is 102 Å². The summed E-state index contributed by atoms with van der Waals surface area (Å²) in [6, 6.07) is 0. The molecule has 0 atom stereocenters. The Morgan fingerprint density at radius 2 is 2.07 bits per heavy atom. The molecular formula is C9H13IN4O. The molecule has 1 saturated heterocycles. The van der Waals surface area contributed by atoms with Gasteiger partial charge in [0.15, 0.2) is 0 Å². The summed E-state index contributed by atoms with van der Waals surface area (Å²) in [5.74, 6) is 0.812. The Hall–Kier alpha value is -0.630. The van der Waals surface area contributed by atoms with Gasteiger partial charge in [-0.3, -0.25) is 4.79 Å². The van der Waals surface area contributed by atoms with Crippen molar-refractivity contribution < 1.29 is 0 Å². The zero-order valence-corrected chi connectivity index (χ0v) is 10.7. The molecule has 2 heterocycles. The van der Waals surface area contributed by atoms with Gasteiger partial charge in [-0.15, -0.1) is 0 Å². The third-order valence-corrected chi connectivity index (χ3v) is 3.55. The molecule has 0 radical (unpaired) electrons. The van der Waals surface area contributed by atoms with Crippen LogP contribution in [0.2, 0.25) is 0 Å². The van der Waals surface area contributed by atoms with Crippen LogP contribution in [0.15, 0.2) is 11.1 Å². The first-order valence-electron chi connectivity index (χ1n) is 4.85. The molecule has 0 aliphatic carbocycles. The number of likely N-dealkylation sites (N-methyl/N-ethyl adjacent to an activating group) is 1. The van der Waals surface area contributed by atoms with Crippen LogP contribution in [0, 0.1) is 3.57 Å². The molecule has 1 N–H and O–H groups in total. The first kappa shape index (κ1) is 10.9. The molecule has 1 aromatic rings. The zero-order valence-electron chi connectivity index (χ0n) is 8.53. The molecule has 6 heteroatoms. The number of H-pyrrole nitrogens is 1. The highest BCUT2D eigenvalue weighted by Gasteiger charge is 2.18. The lowest BCUT2D eigenvalue weighted by Crippen LogP contribution is -2.45. The van der Waals surface area contributed by atoms with Gasteiger partial charge in [0.05, 0.1) is 6.33 Å². The van der Waals surface area contributed by atoms with Crippen molar-refractivity contribution in [1.29, 1.82) is 0 Å². The van der Waals surface area contributed by atoms with Crippen molar-refractivity contribution >= 4 is 28.4 Å². The van der Waals surface area contributed by atoms with Crippen molar-refractivity contribution in [1.82, 2.24) is 14.9 Å². The van der Waals surface area contributed by atoms with Crippen molar-refractivity contribution in [2.45, 2.75) is 0 Å². The minimum absolute atomic E-state index is 0.0560. The number of halogens is 1. The molecule has 0 amide bonds. The van der Waals surface area contributed by atoms with Gasteiger partial charge < -0.3 is 14.8 Å². The normalized spacial score (nSPS) is 18.1. The van der Waals surface area contributed by atoms with Gasteiger partial charge in [0.1, 0.15) is 9.39 Å². The third-order valence-electron chi connectivity index (χ3n) is 2.58. The second-order valence-electron chi connectivity index (χ2n) is 3.66. The molecule has 0 unspecified atom stereocenters. The molecule has 15 heavy (non-hydrogen) atoms. The summed E-state index contributed by atoms with van der Waals surface area (Å²) in [5, 5.41) is 0. The largest absolute Gasteiger partial charge is 0.353 e. The molecule has 5 nitrogen and oxygen atoms in total. The lowest BCUT2D eigenvalue weighted by molar-refractivity contribution is 0.312. The fourth-order valence-electron chi connectivity index (χ4n) is 1.61. The van der Waals surface area contributed by atoms with E-state index in [1.807, 2.05) is 0 Å². The van der Waals surface area contributed by atoms with E-state index in [4.69, 9.17) is 0 Å². The van der Waals surface area contributed by atoms with Gasteiger partial charge in [-0.2, -0.15) is 0 Å². The summed E-state index contributed by atoms with van der Waals surface area (Å²) in [4.78, 5) is 22.7. The number of rotatable bonds is 1. The predicted octanol–water partition coefficient (Wildman–Crippen LogP) is 0.126. The van der Waals surface area contributed by atoms with Gasteiger partial charge in [-0.05, 0) is 29.6 Å². The third kappa shape index (κ3) is 2.31. The fourth-order valence-corrected chi connectivity index (χ4v) is 2.25. The molecule has 0 aromatic carbocycles. The second kappa shape index (κ2) is 4.48. The minimum Gasteiger partial charge on any atom is -0.353 e. The standard InChI is InChI=1S/C9H13IN4O/c1-13-2-4-14(5-3-13)8-7(10)9(15)12-6-11-8/h6H,2-5H2,1H3,(H,11,12,15). The van der Waals surface area contributed by atoms with E-state index in [0.717, 1.165) is 32.0 Å². The summed E-state index contributed by atoms with van der Waals surface area (Å²) < 4.78 is 0.680. The van der Waals surface area contributed by atoms with Gasteiger partial charge in [-0.25, -0.2) is 4.98 Å². The Morgan fingerprint density at radius 3 is 2.73 bits per heavy atom. The van der Waals surface area contributed by atoms with Crippen LogP contribution in [0.5, 0.6) is 0 Å². The van der Waals surface area contributed by atoms with E-state index in [1.54, 1.807) is 0 Å². The first-order chi connectivity index (χ1) is 7.18. The Kier molecular flexibility index (Phi) is 3.25. The average molecular weight is 320 g/mol. The van der Waals surface area contributed by atoms with E-state index >= 15 is 0 Å². The Morgan fingerprint density at radius 1 is 1.40 bits per heavy atom. The van der Waals surface area contributed by atoms with Gasteiger partial charge >= 0.3 is 0 Å². The van der Waals surface area contributed by atoms with Crippen LogP contribution in [-0.4, -0.2) is 48.1 Å². The van der Waals surface area contributed by atoms with E-state index in [-0.39, 0.29) is 5.56 Å². The molecule has 1 aromatic heterocycles. The fraction of sp³-hybridized carbons (Fsp3) is 0.556. The van der Waals surface area contributed by atoms with E-state index in [1.165, 1.54) is 6.33 Å². The maximum atomic E-state index is 11.4. The topological polar surface area (TPSA) is 52.2 Å². The van der Waals surface area contributed by atoms with Crippen molar-refractivity contribution in [2.75, 3.05) is 38.1 Å². The molecule has 0 bridgehead atoms. The van der Waals surface area contributed by atoms with Crippen molar-refractivity contribution in [3.05, 3.63) is 20.3 Å². The average Bonchev–Trinajstić information content (AvgIpc) is 2.24. The van der Waals surface area contributed by atoms with Crippen LogP contribution in [0.4, 0.5) is 5.82 Å². The van der Waals surface area contributed by atoms with Crippen molar-refractivity contribution in [3.8, 4) is 0 Å². The van der Waals surface area contributed by atoms with Crippen LogP contribution < -0.4 is 10.5 Å². The van der Waals surface area contributed by atoms with Crippen LogP contribution in [0.25, 0.3) is 0 Å². The van der Waals surface area contributed by atoms with Crippen molar-refractivity contribution in [2.24, 2.45) is 0 Å². The van der Waals surface area contributed by atoms with Gasteiger partial charge in [0.2, 0.25) is 0 Å².